The number of Topliss-reactive ketones (excluding diaryl/α,β-unsaturated/α-hetero) is 1. The van der Waals surface area contributed by atoms with E-state index in [2.05, 4.69) is 4.74 Å². The Bertz CT molecular complexity index is 186. The zero-order valence-corrected chi connectivity index (χ0v) is 6.79. The number of hydrogen-bond acceptors (Lipinski definition) is 3. The van der Waals surface area contributed by atoms with Gasteiger partial charge in [0.05, 0.1) is 13.0 Å². The van der Waals surface area contributed by atoms with Gasteiger partial charge in [-0.1, -0.05) is 0 Å². The molecule has 62 valence electrons. The minimum absolute atomic E-state index is 0.0672. The van der Waals surface area contributed by atoms with E-state index in [1.807, 2.05) is 0 Å². The Morgan fingerprint density at radius 2 is 1.82 bits per heavy atom. The summed E-state index contributed by atoms with van der Waals surface area (Å²) in [7, 11) is 1.36. The Morgan fingerprint density at radius 3 is 2.09 bits per heavy atom. The Labute approximate surface area is 65.7 Å². The fourth-order valence-corrected chi connectivity index (χ4v) is 1.42. The summed E-state index contributed by atoms with van der Waals surface area (Å²) in [5.74, 6) is -0.358. The highest BCUT2D eigenvalue weighted by Crippen LogP contribution is 2.35. The fourth-order valence-electron chi connectivity index (χ4n) is 1.42. The van der Waals surface area contributed by atoms with Crippen LogP contribution in [0, 0.1) is 11.8 Å². The third-order valence-electron chi connectivity index (χ3n) is 2.30. The predicted octanol–water partition coefficient (Wildman–Crippen LogP) is 0.775. The van der Waals surface area contributed by atoms with Gasteiger partial charge in [0.1, 0.15) is 5.78 Å². The molecule has 0 saturated heterocycles. The maximum absolute atomic E-state index is 10.9. The van der Waals surface area contributed by atoms with E-state index in [1.165, 1.54) is 14.0 Å². The topological polar surface area (TPSA) is 43.4 Å². The zero-order valence-electron chi connectivity index (χ0n) is 6.79. The molecule has 1 aliphatic rings. The second-order valence-electron chi connectivity index (χ2n) is 2.92. The van der Waals surface area contributed by atoms with E-state index in [9.17, 15) is 9.59 Å². The molecule has 0 N–H and O–H groups in total. The van der Waals surface area contributed by atoms with Gasteiger partial charge in [0.15, 0.2) is 0 Å². The van der Waals surface area contributed by atoms with E-state index in [-0.39, 0.29) is 23.6 Å². The summed E-state index contributed by atoms with van der Waals surface area (Å²) >= 11 is 0. The van der Waals surface area contributed by atoms with Crippen molar-refractivity contribution in [3.05, 3.63) is 0 Å². The number of methoxy groups -OCH3 is 1. The van der Waals surface area contributed by atoms with Crippen molar-refractivity contribution < 1.29 is 14.3 Å². The molecule has 1 rings (SSSR count). The fraction of sp³-hybridized carbons (Fsp3) is 0.750. The van der Waals surface area contributed by atoms with Crippen LogP contribution in [0.4, 0.5) is 0 Å². The van der Waals surface area contributed by atoms with Crippen LogP contribution in [0.1, 0.15) is 19.8 Å². The summed E-state index contributed by atoms with van der Waals surface area (Å²) in [6.45, 7) is 1.53. The van der Waals surface area contributed by atoms with Crippen LogP contribution in [0.15, 0.2) is 0 Å². The van der Waals surface area contributed by atoms with Crippen LogP contribution in [-0.4, -0.2) is 18.9 Å². The first kappa shape index (κ1) is 8.24. The first-order valence-corrected chi connectivity index (χ1v) is 3.75. The van der Waals surface area contributed by atoms with Crippen LogP contribution < -0.4 is 0 Å². The largest absolute Gasteiger partial charge is 0.469 e. The number of esters is 1. The Morgan fingerprint density at radius 1 is 1.27 bits per heavy atom. The minimum Gasteiger partial charge on any atom is -0.469 e. The summed E-state index contributed by atoms with van der Waals surface area (Å²) in [6, 6.07) is 0. The van der Waals surface area contributed by atoms with Gasteiger partial charge in [-0.3, -0.25) is 9.59 Å². The van der Waals surface area contributed by atoms with Crippen molar-refractivity contribution >= 4 is 11.8 Å². The maximum atomic E-state index is 10.9. The highest BCUT2D eigenvalue weighted by atomic mass is 16.5. The third kappa shape index (κ3) is 1.42. The Kier molecular flexibility index (Phi) is 2.27. The number of ether oxygens (including phenoxy) is 1. The van der Waals surface area contributed by atoms with Crippen LogP contribution in [0.5, 0.6) is 0 Å². The molecule has 0 spiro atoms. The molecule has 2 atom stereocenters. The zero-order chi connectivity index (χ0) is 8.43. The number of carbonyl (C=O) groups is 2. The van der Waals surface area contributed by atoms with Gasteiger partial charge >= 0.3 is 5.97 Å². The molecule has 0 aromatic rings. The predicted molar refractivity (Wildman–Crippen MR) is 38.9 cm³/mol. The van der Waals surface area contributed by atoms with Crippen molar-refractivity contribution in [1.82, 2.24) is 0 Å². The van der Waals surface area contributed by atoms with E-state index in [1.54, 1.807) is 0 Å². The summed E-state index contributed by atoms with van der Waals surface area (Å²) in [6.07, 6.45) is 1.64. The van der Waals surface area contributed by atoms with Crippen LogP contribution in [0.3, 0.4) is 0 Å². The van der Waals surface area contributed by atoms with Gasteiger partial charge in [-0.15, -0.1) is 0 Å². The van der Waals surface area contributed by atoms with Gasteiger partial charge in [-0.05, 0) is 19.8 Å². The second-order valence-corrected chi connectivity index (χ2v) is 2.92. The average molecular weight is 156 g/mol. The van der Waals surface area contributed by atoms with Gasteiger partial charge in [-0.2, -0.15) is 0 Å². The second kappa shape index (κ2) is 3.03. The lowest BCUT2D eigenvalue weighted by Gasteiger charge is -2.31. The van der Waals surface area contributed by atoms with Crippen molar-refractivity contribution in [1.29, 1.82) is 0 Å². The lowest BCUT2D eigenvalue weighted by atomic mass is 9.72. The minimum atomic E-state index is -0.239. The van der Waals surface area contributed by atoms with Gasteiger partial charge in [0.2, 0.25) is 0 Å². The first-order valence-electron chi connectivity index (χ1n) is 3.75. The average Bonchev–Trinajstić information content (AvgIpc) is 1.83. The molecule has 1 saturated carbocycles. The van der Waals surface area contributed by atoms with Crippen molar-refractivity contribution in [2.45, 2.75) is 19.8 Å². The molecule has 0 aliphatic heterocycles. The van der Waals surface area contributed by atoms with Gasteiger partial charge in [-0.25, -0.2) is 0 Å². The van der Waals surface area contributed by atoms with Crippen molar-refractivity contribution in [2.24, 2.45) is 11.8 Å². The van der Waals surface area contributed by atoms with E-state index in [0.717, 1.165) is 12.8 Å². The highest BCUT2D eigenvalue weighted by molar-refractivity contribution is 5.86. The van der Waals surface area contributed by atoms with E-state index < -0.39 is 0 Å². The number of hydrogen-bond donors (Lipinski definition) is 0. The molecular formula is C8H12O3. The summed E-state index contributed by atoms with van der Waals surface area (Å²) in [5, 5.41) is 0. The molecular weight excluding hydrogens is 144 g/mol. The Balaban J connectivity index is 2.49. The lowest BCUT2D eigenvalue weighted by molar-refractivity contribution is -0.154. The number of carbonyl (C=O) groups excluding carboxylic acids is 2. The molecule has 0 heterocycles. The smallest absolute Gasteiger partial charge is 0.309 e. The summed E-state index contributed by atoms with van der Waals surface area (Å²) in [5.41, 5.74) is 0. The SMILES string of the molecule is COC(=O)C1CCC1C(C)=O. The monoisotopic (exact) mass is 156 g/mol. The molecule has 3 nitrogen and oxygen atoms in total. The molecule has 0 bridgehead atoms. The number of rotatable bonds is 2. The molecule has 3 heteroatoms. The van der Waals surface area contributed by atoms with E-state index >= 15 is 0 Å². The normalized spacial score (nSPS) is 28.9. The highest BCUT2D eigenvalue weighted by Gasteiger charge is 2.39. The summed E-state index contributed by atoms with van der Waals surface area (Å²) < 4.78 is 4.54. The van der Waals surface area contributed by atoms with Crippen LogP contribution in [0.25, 0.3) is 0 Å². The number of ketones is 1. The van der Waals surface area contributed by atoms with Crippen LogP contribution in [-0.2, 0) is 14.3 Å². The molecule has 1 fully saturated rings. The maximum Gasteiger partial charge on any atom is 0.309 e. The van der Waals surface area contributed by atoms with Crippen molar-refractivity contribution in [2.75, 3.05) is 7.11 Å². The van der Waals surface area contributed by atoms with Gasteiger partial charge in [0.25, 0.3) is 0 Å². The Hall–Kier alpha value is -0.860. The molecule has 0 radical (unpaired) electrons. The summed E-state index contributed by atoms with van der Waals surface area (Å²) in [4.78, 5) is 21.8. The molecule has 0 aromatic carbocycles. The standard InChI is InChI=1S/C8H12O3/c1-5(9)6-3-4-7(6)8(10)11-2/h6-7H,3-4H2,1-2H3. The van der Waals surface area contributed by atoms with Gasteiger partial charge < -0.3 is 4.74 Å². The van der Waals surface area contributed by atoms with Crippen molar-refractivity contribution in [3.63, 3.8) is 0 Å². The first-order chi connectivity index (χ1) is 5.16. The third-order valence-corrected chi connectivity index (χ3v) is 2.30. The molecule has 2 unspecified atom stereocenters. The lowest BCUT2D eigenvalue weighted by Crippen LogP contribution is -2.37. The molecule has 11 heavy (non-hydrogen) atoms. The van der Waals surface area contributed by atoms with Crippen LogP contribution >= 0.6 is 0 Å². The van der Waals surface area contributed by atoms with E-state index in [4.69, 9.17) is 0 Å². The van der Waals surface area contributed by atoms with Gasteiger partial charge in [0, 0.05) is 5.92 Å². The molecule has 1 aliphatic carbocycles. The molecule has 0 aromatic heterocycles. The van der Waals surface area contributed by atoms with Crippen LogP contribution in [0.2, 0.25) is 0 Å². The molecule has 0 amide bonds. The van der Waals surface area contributed by atoms with Crippen molar-refractivity contribution in [3.8, 4) is 0 Å². The quantitative estimate of drug-likeness (QED) is 0.555. The van der Waals surface area contributed by atoms with E-state index in [0.29, 0.717) is 0 Å².